The summed E-state index contributed by atoms with van der Waals surface area (Å²) in [4.78, 5) is 12.0. The van der Waals surface area contributed by atoms with Crippen LogP contribution in [-0.2, 0) is 11.4 Å². The first-order chi connectivity index (χ1) is 11.1. The summed E-state index contributed by atoms with van der Waals surface area (Å²) in [5.41, 5.74) is 8.59. The molecule has 3 N–H and O–H groups in total. The van der Waals surface area contributed by atoms with Crippen LogP contribution in [0.3, 0.4) is 0 Å². The van der Waals surface area contributed by atoms with Crippen molar-refractivity contribution in [1.82, 2.24) is 0 Å². The Labute approximate surface area is 149 Å². The van der Waals surface area contributed by atoms with Gasteiger partial charge in [-0.25, -0.2) is 0 Å². The van der Waals surface area contributed by atoms with Crippen LogP contribution in [0.25, 0.3) is 0 Å². The van der Waals surface area contributed by atoms with Gasteiger partial charge in [0, 0.05) is 18.2 Å². The van der Waals surface area contributed by atoms with Crippen molar-refractivity contribution in [2.75, 3.05) is 5.32 Å². The Morgan fingerprint density at radius 1 is 1.17 bits per heavy atom. The normalized spacial score (nSPS) is 11.3. The number of nitrogens with one attached hydrogen (secondary N) is 1. The molecule has 1 unspecified atom stereocenters. The number of rotatable bonds is 7. The molecular weight excluding hydrogens is 324 g/mol. The smallest absolute Gasteiger partial charge is 0.224 e. The van der Waals surface area contributed by atoms with E-state index in [9.17, 15) is 4.79 Å². The van der Waals surface area contributed by atoms with Crippen LogP contribution in [0.2, 0.25) is 0 Å². The molecule has 1 amide bonds. The van der Waals surface area contributed by atoms with Gasteiger partial charge in [0.15, 0.2) is 0 Å². The lowest BCUT2D eigenvalue weighted by Crippen LogP contribution is -2.20. The molecule has 4 nitrogen and oxygen atoms in total. The van der Waals surface area contributed by atoms with Crippen molar-refractivity contribution in [3.8, 4) is 5.75 Å². The lowest BCUT2D eigenvalue weighted by Gasteiger charge is -2.14. The molecule has 5 heteroatoms. The van der Waals surface area contributed by atoms with Crippen LogP contribution in [0.1, 0.15) is 30.9 Å². The maximum absolute atomic E-state index is 12.0. The van der Waals surface area contributed by atoms with Gasteiger partial charge in [-0.1, -0.05) is 30.3 Å². The first-order valence-electron chi connectivity index (χ1n) is 7.88. The Balaban J connectivity index is 0.00000288. The number of hydrogen-bond donors (Lipinski definition) is 2. The lowest BCUT2D eigenvalue weighted by atomic mass is 10.1. The number of carbonyl (C=O) groups is 1. The van der Waals surface area contributed by atoms with Crippen molar-refractivity contribution in [3.63, 3.8) is 0 Å². The predicted octanol–water partition coefficient (Wildman–Crippen LogP) is 4.06. The predicted molar refractivity (Wildman–Crippen MR) is 101 cm³/mol. The number of nitrogens with two attached hydrogens (primary N) is 1. The van der Waals surface area contributed by atoms with Crippen LogP contribution >= 0.6 is 12.4 Å². The zero-order chi connectivity index (χ0) is 16.7. The summed E-state index contributed by atoms with van der Waals surface area (Å²) in [5, 5.41) is 2.95. The fourth-order valence-corrected chi connectivity index (χ4v) is 2.22. The summed E-state index contributed by atoms with van der Waals surface area (Å²) < 4.78 is 5.78. The highest BCUT2D eigenvalue weighted by Crippen LogP contribution is 2.21. The Morgan fingerprint density at radius 2 is 1.88 bits per heavy atom. The molecule has 0 radical (unpaired) electrons. The van der Waals surface area contributed by atoms with Gasteiger partial charge in [-0.2, -0.15) is 0 Å². The fraction of sp³-hybridized carbons (Fsp3) is 0.316. The van der Waals surface area contributed by atoms with Crippen LogP contribution in [0, 0.1) is 6.92 Å². The van der Waals surface area contributed by atoms with E-state index >= 15 is 0 Å². The summed E-state index contributed by atoms with van der Waals surface area (Å²) >= 11 is 0. The Bertz CT molecular complexity index is 645. The molecule has 0 aliphatic heterocycles. The standard InChI is InChI=1S/C19H24N2O2.ClH/c1-14(20)11-12-19(22)21-18-10-6-7-16(15(18)2)13-23-17-8-4-3-5-9-17;/h3-10,14H,11-13,20H2,1-2H3,(H,21,22);1H. The number of ether oxygens (including phenoxy) is 1. The summed E-state index contributed by atoms with van der Waals surface area (Å²) in [6, 6.07) is 15.6. The van der Waals surface area contributed by atoms with Gasteiger partial charge in [0.25, 0.3) is 0 Å². The van der Waals surface area contributed by atoms with Gasteiger partial charge < -0.3 is 15.8 Å². The van der Waals surface area contributed by atoms with Crippen molar-refractivity contribution in [1.29, 1.82) is 0 Å². The number of benzene rings is 2. The van der Waals surface area contributed by atoms with Crippen molar-refractivity contribution in [3.05, 3.63) is 59.7 Å². The molecule has 2 rings (SSSR count). The topological polar surface area (TPSA) is 64.3 Å². The molecular formula is C19H25ClN2O2. The molecule has 0 aliphatic rings. The molecule has 1 atom stereocenters. The lowest BCUT2D eigenvalue weighted by molar-refractivity contribution is -0.116. The van der Waals surface area contributed by atoms with Crippen molar-refractivity contribution in [2.24, 2.45) is 5.73 Å². The molecule has 0 saturated heterocycles. The molecule has 0 heterocycles. The van der Waals surface area contributed by atoms with Crippen LogP contribution in [0.15, 0.2) is 48.5 Å². The van der Waals surface area contributed by atoms with Gasteiger partial charge >= 0.3 is 0 Å². The van der Waals surface area contributed by atoms with Crippen molar-refractivity contribution < 1.29 is 9.53 Å². The zero-order valence-corrected chi connectivity index (χ0v) is 14.9. The zero-order valence-electron chi connectivity index (χ0n) is 14.1. The van der Waals surface area contributed by atoms with E-state index in [1.165, 1.54) is 0 Å². The van der Waals surface area contributed by atoms with E-state index in [2.05, 4.69) is 5.32 Å². The third kappa shape index (κ3) is 6.22. The highest BCUT2D eigenvalue weighted by Gasteiger charge is 2.09. The Kier molecular flexibility index (Phi) is 8.30. The highest BCUT2D eigenvalue weighted by atomic mass is 35.5. The highest BCUT2D eigenvalue weighted by molar-refractivity contribution is 5.91. The molecule has 0 saturated carbocycles. The molecule has 2 aromatic carbocycles. The second kappa shape index (κ2) is 9.96. The third-order valence-corrected chi connectivity index (χ3v) is 3.68. The number of anilines is 1. The van der Waals surface area contributed by atoms with E-state index in [0.717, 1.165) is 22.6 Å². The van der Waals surface area contributed by atoms with Gasteiger partial charge in [-0.05, 0) is 49.6 Å². The SMILES string of the molecule is Cc1c(COc2ccccc2)cccc1NC(=O)CCC(C)N.Cl. The minimum atomic E-state index is -0.00784. The van der Waals surface area contributed by atoms with Crippen LogP contribution in [0.5, 0.6) is 5.75 Å². The van der Waals surface area contributed by atoms with Crippen LogP contribution in [-0.4, -0.2) is 11.9 Å². The molecule has 0 aliphatic carbocycles. The van der Waals surface area contributed by atoms with E-state index < -0.39 is 0 Å². The van der Waals surface area contributed by atoms with E-state index in [4.69, 9.17) is 10.5 Å². The van der Waals surface area contributed by atoms with E-state index in [1.54, 1.807) is 0 Å². The second-order valence-corrected chi connectivity index (χ2v) is 5.76. The van der Waals surface area contributed by atoms with E-state index in [-0.39, 0.29) is 24.4 Å². The number of carbonyl (C=O) groups excluding carboxylic acids is 1. The van der Waals surface area contributed by atoms with E-state index in [0.29, 0.717) is 19.4 Å². The minimum absolute atomic E-state index is 0. The largest absolute Gasteiger partial charge is 0.489 e. The molecule has 0 fully saturated rings. The van der Waals surface area contributed by atoms with Gasteiger partial charge in [0.2, 0.25) is 5.91 Å². The summed E-state index contributed by atoms with van der Waals surface area (Å²) in [6.07, 6.45) is 1.11. The van der Waals surface area contributed by atoms with Gasteiger partial charge in [0.1, 0.15) is 12.4 Å². The molecule has 24 heavy (non-hydrogen) atoms. The van der Waals surface area contributed by atoms with Crippen molar-refractivity contribution >= 4 is 24.0 Å². The first-order valence-corrected chi connectivity index (χ1v) is 7.88. The van der Waals surface area contributed by atoms with Gasteiger partial charge in [-0.3, -0.25) is 4.79 Å². The Hall–Kier alpha value is -2.04. The van der Waals surface area contributed by atoms with Crippen molar-refractivity contribution in [2.45, 2.75) is 39.3 Å². The summed E-state index contributed by atoms with van der Waals surface area (Å²) in [5.74, 6) is 0.824. The molecule has 0 bridgehead atoms. The Morgan fingerprint density at radius 3 is 2.54 bits per heavy atom. The maximum Gasteiger partial charge on any atom is 0.224 e. The third-order valence-electron chi connectivity index (χ3n) is 3.68. The number of hydrogen-bond acceptors (Lipinski definition) is 3. The fourth-order valence-electron chi connectivity index (χ4n) is 2.22. The quantitative estimate of drug-likeness (QED) is 0.793. The van der Waals surface area contributed by atoms with Gasteiger partial charge in [0.05, 0.1) is 0 Å². The summed E-state index contributed by atoms with van der Waals surface area (Å²) in [7, 11) is 0. The van der Waals surface area contributed by atoms with E-state index in [1.807, 2.05) is 62.4 Å². The molecule has 2 aromatic rings. The molecule has 130 valence electrons. The molecule has 0 aromatic heterocycles. The average molecular weight is 349 g/mol. The van der Waals surface area contributed by atoms with Gasteiger partial charge in [-0.15, -0.1) is 12.4 Å². The average Bonchev–Trinajstić information content (AvgIpc) is 2.55. The summed E-state index contributed by atoms with van der Waals surface area (Å²) in [6.45, 7) is 4.37. The number of halogens is 1. The molecule has 0 spiro atoms. The van der Waals surface area contributed by atoms with Crippen LogP contribution < -0.4 is 15.8 Å². The number of para-hydroxylation sites is 1. The maximum atomic E-state index is 12.0. The minimum Gasteiger partial charge on any atom is -0.489 e. The monoisotopic (exact) mass is 348 g/mol. The number of amides is 1. The second-order valence-electron chi connectivity index (χ2n) is 5.76. The first kappa shape index (κ1) is 20.0. The van der Waals surface area contributed by atoms with Crippen LogP contribution in [0.4, 0.5) is 5.69 Å².